The quantitative estimate of drug-likeness (QED) is 0.305. The minimum Gasteiger partial charge on any atom is -0.486 e. The van der Waals surface area contributed by atoms with Crippen LogP contribution < -0.4 is 10.2 Å². The van der Waals surface area contributed by atoms with Gasteiger partial charge in [0.05, 0.1) is 26.8 Å². The van der Waals surface area contributed by atoms with Crippen LogP contribution >= 0.6 is 46.4 Å². The van der Waals surface area contributed by atoms with E-state index in [1.54, 1.807) is 42.5 Å². The Bertz CT molecular complexity index is 1080. The van der Waals surface area contributed by atoms with Crippen molar-refractivity contribution in [2.75, 3.05) is 0 Å². The Hall–Kier alpha value is -2.24. The molecule has 1 amide bonds. The van der Waals surface area contributed by atoms with Gasteiger partial charge in [-0.15, -0.1) is 0 Å². The third-order valence-corrected chi connectivity index (χ3v) is 5.19. The van der Waals surface area contributed by atoms with Gasteiger partial charge in [-0.1, -0.05) is 64.6 Å². The van der Waals surface area contributed by atoms with Crippen molar-refractivity contribution in [3.63, 3.8) is 0 Å². The van der Waals surface area contributed by atoms with E-state index < -0.39 is 5.91 Å². The number of amides is 1. The van der Waals surface area contributed by atoms with Gasteiger partial charge in [0, 0.05) is 5.02 Å². The van der Waals surface area contributed by atoms with E-state index >= 15 is 0 Å². The monoisotopic (exact) mass is 480 g/mol. The molecule has 4 nitrogen and oxygen atoms in total. The maximum absolute atomic E-state index is 12.2. The number of hydrogen-bond donors (Lipinski definition) is 1. The summed E-state index contributed by atoms with van der Waals surface area (Å²) in [5.74, 6) is -0.0581. The van der Waals surface area contributed by atoms with Gasteiger partial charge < -0.3 is 4.74 Å². The number of benzene rings is 3. The molecule has 0 unspecified atom stereocenters. The predicted molar refractivity (Wildman–Crippen MR) is 123 cm³/mol. The molecule has 3 aromatic rings. The van der Waals surface area contributed by atoms with Crippen LogP contribution in [0.3, 0.4) is 0 Å². The number of hydrazone groups is 1. The van der Waals surface area contributed by atoms with E-state index in [4.69, 9.17) is 51.1 Å². The highest BCUT2D eigenvalue weighted by Crippen LogP contribution is 2.34. The van der Waals surface area contributed by atoms with Crippen molar-refractivity contribution in [1.82, 2.24) is 5.43 Å². The van der Waals surface area contributed by atoms with Crippen LogP contribution in [0.2, 0.25) is 20.1 Å². The SMILES string of the molecule is Cc1ccc(C(=O)N/N=C\c2cc(Cl)c(OCc3ccc(Cl)cc3)c(Cl)c2)c(Cl)c1. The van der Waals surface area contributed by atoms with Crippen LogP contribution in [0, 0.1) is 6.92 Å². The van der Waals surface area contributed by atoms with Gasteiger partial charge in [0.25, 0.3) is 5.91 Å². The van der Waals surface area contributed by atoms with E-state index in [1.807, 2.05) is 19.1 Å². The summed E-state index contributed by atoms with van der Waals surface area (Å²) in [4.78, 5) is 12.2. The summed E-state index contributed by atoms with van der Waals surface area (Å²) < 4.78 is 5.74. The topological polar surface area (TPSA) is 50.7 Å². The molecule has 154 valence electrons. The molecule has 0 aliphatic rings. The van der Waals surface area contributed by atoms with Gasteiger partial charge in [-0.2, -0.15) is 5.10 Å². The molecule has 0 saturated carbocycles. The minimum atomic E-state index is -0.420. The van der Waals surface area contributed by atoms with Gasteiger partial charge in [-0.3, -0.25) is 4.79 Å². The Morgan fingerprint density at radius 2 is 1.63 bits per heavy atom. The van der Waals surface area contributed by atoms with Gasteiger partial charge in [0.15, 0.2) is 5.75 Å². The summed E-state index contributed by atoms with van der Waals surface area (Å²) in [5.41, 5.74) is 5.25. The fourth-order valence-electron chi connectivity index (χ4n) is 2.56. The molecule has 8 heteroatoms. The van der Waals surface area contributed by atoms with E-state index in [-0.39, 0.29) is 6.61 Å². The van der Waals surface area contributed by atoms with Gasteiger partial charge in [-0.05, 0) is 60.0 Å². The van der Waals surface area contributed by atoms with Crippen molar-refractivity contribution >= 4 is 58.5 Å². The average Bonchev–Trinajstić information content (AvgIpc) is 2.68. The van der Waals surface area contributed by atoms with Crippen LogP contribution in [-0.4, -0.2) is 12.1 Å². The highest BCUT2D eigenvalue weighted by Gasteiger charge is 2.11. The Labute approximate surface area is 194 Å². The zero-order chi connectivity index (χ0) is 21.7. The lowest BCUT2D eigenvalue weighted by Crippen LogP contribution is -2.18. The molecule has 0 fully saturated rings. The molecule has 0 radical (unpaired) electrons. The first kappa shape index (κ1) is 22.4. The fraction of sp³-hybridized carbons (Fsp3) is 0.0909. The third kappa shape index (κ3) is 5.89. The van der Waals surface area contributed by atoms with Crippen LogP contribution in [0.25, 0.3) is 0 Å². The van der Waals surface area contributed by atoms with Crippen molar-refractivity contribution in [1.29, 1.82) is 0 Å². The Morgan fingerprint density at radius 3 is 2.27 bits per heavy atom. The molecule has 30 heavy (non-hydrogen) atoms. The fourth-order valence-corrected chi connectivity index (χ4v) is 3.62. The van der Waals surface area contributed by atoms with E-state index in [9.17, 15) is 4.79 Å². The third-order valence-electron chi connectivity index (χ3n) is 4.07. The summed E-state index contributed by atoms with van der Waals surface area (Å²) in [5, 5.41) is 5.60. The van der Waals surface area contributed by atoms with Crippen LogP contribution in [0.4, 0.5) is 0 Å². The second kappa shape index (κ2) is 10.2. The first-order valence-corrected chi connectivity index (χ1v) is 10.3. The van der Waals surface area contributed by atoms with Crippen LogP contribution in [0.15, 0.2) is 59.7 Å². The summed E-state index contributed by atoms with van der Waals surface area (Å²) in [6.07, 6.45) is 1.43. The Kier molecular flexibility index (Phi) is 7.62. The molecule has 3 rings (SSSR count). The predicted octanol–water partition coefficient (Wildman–Crippen LogP) is 6.95. The Morgan fingerprint density at radius 1 is 0.967 bits per heavy atom. The van der Waals surface area contributed by atoms with Crippen molar-refractivity contribution < 1.29 is 9.53 Å². The molecule has 0 aromatic heterocycles. The number of halogens is 4. The zero-order valence-corrected chi connectivity index (χ0v) is 18.8. The first-order valence-electron chi connectivity index (χ1n) is 8.79. The molecule has 0 heterocycles. The van der Waals surface area contributed by atoms with Crippen molar-refractivity contribution in [3.05, 3.63) is 96.9 Å². The maximum atomic E-state index is 12.2. The summed E-state index contributed by atoms with van der Waals surface area (Å²) in [6.45, 7) is 2.18. The lowest BCUT2D eigenvalue weighted by molar-refractivity contribution is 0.0955. The molecule has 0 spiro atoms. The second-order valence-corrected chi connectivity index (χ2v) is 8.07. The van der Waals surface area contributed by atoms with Crippen LogP contribution in [0.5, 0.6) is 5.75 Å². The summed E-state index contributed by atoms with van der Waals surface area (Å²) in [7, 11) is 0. The highest BCUT2D eigenvalue weighted by atomic mass is 35.5. The van der Waals surface area contributed by atoms with Gasteiger partial charge in [-0.25, -0.2) is 5.43 Å². The van der Waals surface area contributed by atoms with Gasteiger partial charge in [0.1, 0.15) is 6.61 Å². The number of hydrogen-bond acceptors (Lipinski definition) is 3. The first-order chi connectivity index (χ1) is 14.3. The van der Waals surface area contributed by atoms with E-state index in [0.29, 0.717) is 37.0 Å². The van der Waals surface area contributed by atoms with Crippen molar-refractivity contribution in [2.24, 2.45) is 5.10 Å². The smallest absolute Gasteiger partial charge is 0.272 e. The van der Waals surface area contributed by atoms with E-state index in [1.165, 1.54) is 6.21 Å². The lowest BCUT2D eigenvalue weighted by atomic mass is 10.1. The van der Waals surface area contributed by atoms with Crippen LogP contribution in [0.1, 0.15) is 27.0 Å². The zero-order valence-electron chi connectivity index (χ0n) is 15.8. The summed E-state index contributed by atoms with van der Waals surface area (Å²) >= 11 is 24.6. The van der Waals surface area contributed by atoms with Crippen molar-refractivity contribution in [3.8, 4) is 5.75 Å². The molecular formula is C22H16Cl4N2O2. The Balaban J connectivity index is 1.65. The van der Waals surface area contributed by atoms with Crippen molar-refractivity contribution in [2.45, 2.75) is 13.5 Å². The standard InChI is InChI=1S/C22H16Cl4N2O2/c1-13-2-7-17(18(24)8-13)22(29)28-27-11-15-9-19(25)21(20(26)10-15)30-12-14-3-5-16(23)6-4-14/h2-11H,12H2,1H3,(H,28,29)/b27-11-. The average molecular weight is 482 g/mol. The normalized spacial score (nSPS) is 11.0. The molecule has 0 atom stereocenters. The number of aryl methyl sites for hydroxylation is 1. The number of carbonyl (C=O) groups excluding carboxylic acids is 1. The maximum Gasteiger partial charge on any atom is 0.272 e. The van der Waals surface area contributed by atoms with E-state index in [0.717, 1.165) is 11.1 Å². The van der Waals surface area contributed by atoms with Gasteiger partial charge >= 0.3 is 0 Å². The number of nitrogens with zero attached hydrogens (tertiary/aromatic N) is 1. The molecule has 0 saturated heterocycles. The minimum absolute atomic E-state index is 0.289. The molecule has 0 bridgehead atoms. The molecule has 3 aromatic carbocycles. The summed E-state index contributed by atoms with van der Waals surface area (Å²) in [6, 6.07) is 15.7. The van der Waals surface area contributed by atoms with Crippen LogP contribution in [-0.2, 0) is 6.61 Å². The molecule has 1 N–H and O–H groups in total. The number of rotatable bonds is 6. The van der Waals surface area contributed by atoms with Gasteiger partial charge in [0.2, 0.25) is 0 Å². The number of nitrogens with one attached hydrogen (secondary N) is 1. The molecular weight excluding hydrogens is 466 g/mol. The highest BCUT2D eigenvalue weighted by molar-refractivity contribution is 6.37. The largest absolute Gasteiger partial charge is 0.486 e. The molecule has 0 aliphatic heterocycles. The number of ether oxygens (including phenoxy) is 1. The lowest BCUT2D eigenvalue weighted by Gasteiger charge is -2.11. The molecule has 0 aliphatic carbocycles. The second-order valence-electron chi connectivity index (χ2n) is 6.41. The number of carbonyl (C=O) groups is 1. The van der Waals surface area contributed by atoms with E-state index in [2.05, 4.69) is 10.5 Å².